The molecule has 0 aliphatic heterocycles. The van der Waals surface area contributed by atoms with Crippen LogP contribution in [0.15, 0.2) is 42.5 Å². The minimum atomic E-state index is 0.0468. The second-order valence-corrected chi connectivity index (χ2v) is 6.92. The molecule has 0 saturated heterocycles. The van der Waals surface area contributed by atoms with Crippen LogP contribution in [0.1, 0.15) is 42.8 Å². The van der Waals surface area contributed by atoms with E-state index in [9.17, 15) is 0 Å². The summed E-state index contributed by atoms with van der Waals surface area (Å²) in [6.45, 7) is 6.56. The average molecular weight is 271 g/mol. The van der Waals surface area contributed by atoms with Crippen LogP contribution in [0.5, 0.6) is 0 Å². The van der Waals surface area contributed by atoms with Gasteiger partial charge in [-0.1, -0.05) is 57.2 Å². The molecule has 1 aliphatic carbocycles. The van der Waals surface area contributed by atoms with Gasteiger partial charge in [0.05, 0.1) is 5.38 Å². The standard InChI is InChI=1S/C18H19Cl/c1-18(2,3)17(19)14-9-8-13-10-12-6-4-5-7-15(12)16(13)11-14/h4-9,11,17H,10H2,1-3H3. The molecule has 98 valence electrons. The highest BCUT2D eigenvalue weighted by Gasteiger charge is 2.26. The van der Waals surface area contributed by atoms with Gasteiger partial charge in [0.1, 0.15) is 0 Å². The Balaban J connectivity index is 2.07. The molecular weight excluding hydrogens is 252 g/mol. The van der Waals surface area contributed by atoms with Gasteiger partial charge in [-0.05, 0) is 45.7 Å². The van der Waals surface area contributed by atoms with Crippen LogP contribution < -0.4 is 0 Å². The van der Waals surface area contributed by atoms with Crippen LogP contribution in [-0.4, -0.2) is 0 Å². The topological polar surface area (TPSA) is 0 Å². The van der Waals surface area contributed by atoms with Crippen molar-refractivity contribution in [2.24, 2.45) is 5.41 Å². The molecule has 0 bridgehead atoms. The van der Waals surface area contributed by atoms with Gasteiger partial charge in [0.2, 0.25) is 0 Å². The van der Waals surface area contributed by atoms with Crippen LogP contribution in [0, 0.1) is 5.41 Å². The van der Waals surface area contributed by atoms with Crippen LogP contribution in [0.25, 0.3) is 11.1 Å². The molecule has 2 aromatic carbocycles. The second kappa shape index (κ2) is 4.38. The number of alkyl halides is 1. The van der Waals surface area contributed by atoms with E-state index in [-0.39, 0.29) is 10.8 Å². The minimum absolute atomic E-state index is 0.0468. The van der Waals surface area contributed by atoms with Crippen LogP contribution >= 0.6 is 11.6 Å². The van der Waals surface area contributed by atoms with Gasteiger partial charge in [-0.3, -0.25) is 0 Å². The lowest BCUT2D eigenvalue weighted by Crippen LogP contribution is -2.13. The highest BCUT2D eigenvalue weighted by molar-refractivity contribution is 6.21. The van der Waals surface area contributed by atoms with E-state index in [1.807, 2.05) is 0 Å². The van der Waals surface area contributed by atoms with Gasteiger partial charge in [-0.2, -0.15) is 0 Å². The first kappa shape index (κ1) is 12.7. The zero-order chi connectivity index (χ0) is 13.6. The SMILES string of the molecule is CC(C)(C)C(Cl)c1ccc2c(c1)-c1ccccc1C2. The molecule has 1 unspecified atom stereocenters. The van der Waals surface area contributed by atoms with Crippen LogP contribution in [-0.2, 0) is 6.42 Å². The molecule has 0 aromatic heterocycles. The Bertz CT molecular complexity index is 620. The molecule has 0 saturated carbocycles. The van der Waals surface area contributed by atoms with Crippen molar-refractivity contribution in [3.8, 4) is 11.1 Å². The summed E-state index contributed by atoms with van der Waals surface area (Å²) in [4.78, 5) is 0. The molecule has 0 radical (unpaired) electrons. The number of fused-ring (bicyclic) bond motifs is 3. The largest absolute Gasteiger partial charge is 0.117 e. The van der Waals surface area contributed by atoms with Crippen LogP contribution in [0.4, 0.5) is 0 Å². The molecule has 19 heavy (non-hydrogen) atoms. The van der Waals surface area contributed by atoms with Crippen molar-refractivity contribution < 1.29 is 0 Å². The Kier molecular flexibility index (Phi) is 2.94. The van der Waals surface area contributed by atoms with E-state index in [0.29, 0.717) is 0 Å². The quantitative estimate of drug-likeness (QED) is 0.506. The predicted octanol–water partition coefficient (Wildman–Crippen LogP) is 5.58. The van der Waals surface area contributed by atoms with E-state index in [2.05, 4.69) is 63.2 Å². The summed E-state index contributed by atoms with van der Waals surface area (Å²) in [6, 6.07) is 15.4. The van der Waals surface area contributed by atoms with Gasteiger partial charge in [-0.25, -0.2) is 0 Å². The van der Waals surface area contributed by atoms with E-state index in [4.69, 9.17) is 11.6 Å². The number of rotatable bonds is 1. The molecule has 0 fully saturated rings. The molecule has 3 rings (SSSR count). The fraction of sp³-hybridized carbons (Fsp3) is 0.333. The molecule has 0 heterocycles. The van der Waals surface area contributed by atoms with Gasteiger partial charge < -0.3 is 0 Å². The van der Waals surface area contributed by atoms with Gasteiger partial charge in [0.15, 0.2) is 0 Å². The molecule has 0 spiro atoms. The van der Waals surface area contributed by atoms with Crippen molar-refractivity contribution in [2.75, 3.05) is 0 Å². The molecule has 0 N–H and O–H groups in total. The molecule has 0 nitrogen and oxygen atoms in total. The van der Waals surface area contributed by atoms with Crippen molar-refractivity contribution in [3.05, 3.63) is 59.2 Å². The van der Waals surface area contributed by atoms with Crippen molar-refractivity contribution >= 4 is 11.6 Å². The third-order valence-electron chi connectivity index (χ3n) is 3.88. The minimum Gasteiger partial charge on any atom is -0.117 e. The lowest BCUT2D eigenvalue weighted by molar-refractivity contribution is 0.396. The lowest BCUT2D eigenvalue weighted by Gasteiger charge is -2.26. The van der Waals surface area contributed by atoms with E-state index >= 15 is 0 Å². The lowest BCUT2D eigenvalue weighted by atomic mass is 9.86. The summed E-state index contributed by atoms with van der Waals surface area (Å²) in [5.74, 6) is 0. The number of benzene rings is 2. The Hall–Kier alpha value is -1.27. The summed E-state index contributed by atoms with van der Waals surface area (Å²) in [5, 5.41) is 0.0468. The highest BCUT2D eigenvalue weighted by Crippen LogP contribution is 2.43. The summed E-state index contributed by atoms with van der Waals surface area (Å²) in [5.41, 5.74) is 6.89. The Morgan fingerprint density at radius 3 is 2.37 bits per heavy atom. The fourth-order valence-corrected chi connectivity index (χ4v) is 2.93. The van der Waals surface area contributed by atoms with E-state index in [0.717, 1.165) is 6.42 Å². The van der Waals surface area contributed by atoms with E-state index in [1.165, 1.54) is 27.8 Å². The zero-order valence-corrected chi connectivity index (χ0v) is 12.5. The predicted molar refractivity (Wildman–Crippen MR) is 82.7 cm³/mol. The molecule has 1 aliphatic rings. The monoisotopic (exact) mass is 270 g/mol. The van der Waals surface area contributed by atoms with Crippen LogP contribution in [0.3, 0.4) is 0 Å². The van der Waals surface area contributed by atoms with E-state index < -0.39 is 0 Å². The Labute approximate surface area is 120 Å². The van der Waals surface area contributed by atoms with Crippen LogP contribution in [0.2, 0.25) is 0 Å². The van der Waals surface area contributed by atoms with Crippen molar-refractivity contribution in [3.63, 3.8) is 0 Å². The van der Waals surface area contributed by atoms with Gasteiger partial charge in [0, 0.05) is 0 Å². The third kappa shape index (κ3) is 2.19. The first-order chi connectivity index (χ1) is 8.97. The second-order valence-electron chi connectivity index (χ2n) is 6.48. The summed E-state index contributed by atoms with van der Waals surface area (Å²) >= 11 is 6.61. The summed E-state index contributed by atoms with van der Waals surface area (Å²) in [7, 11) is 0. The molecule has 2 aromatic rings. The van der Waals surface area contributed by atoms with Crippen molar-refractivity contribution in [2.45, 2.75) is 32.6 Å². The van der Waals surface area contributed by atoms with Gasteiger partial charge in [0.25, 0.3) is 0 Å². The Morgan fingerprint density at radius 2 is 1.63 bits per heavy atom. The molecule has 0 amide bonds. The van der Waals surface area contributed by atoms with E-state index in [1.54, 1.807) is 0 Å². The zero-order valence-electron chi connectivity index (χ0n) is 11.7. The van der Waals surface area contributed by atoms with Gasteiger partial charge >= 0.3 is 0 Å². The van der Waals surface area contributed by atoms with Gasteiger partial charge in [-0.15, -0.1) is 11.6 Å². The number of hydrogen-bond acceptors (Lipinski definition) is 0. The normalized spacial score (nSPS) is 14.9. The fourth-order valence-electron chi connectivity index (χ4n) is 2.80. The third-order valence-corrected chi connectivity index (χ3v) is 4.78. The molecular formula is C18H19Cl. The number of hydrogen-bond donors (Lipinski definition) is 0. The maximum atomic E-state index is 6.61. The smallest absolute Gasteiger partial charge is 0.0633 e. The van der Waals surface area contributed by atoms with Crippen molar-refractivity contribution in [1.82, 2.24) is 0 Å². The first-order valence-corrected chi connectivity index (χ1v) is 7.25. The summed E-state index contributed by atoms with van der Waals surface area (Å²) < 4.78 is 0. The first-order valence-electron chi connectivity index (χ1n) is 6.82. The average Bonchev–Trinajstić information content (AvgIpc) is 2.74. The Morgan fingerprint density at radius 1 is 0.947 bits per heavy atom. The maximum absolute atomic E-state index is 6.61. The molecule has 1 heteroatoms. The number of halogens is 1. The molecule has 1 atom stereocenters. The highest BCUT2D eigenvalue weighted by atomic mass is 35.5. The maximum Gasteiger partial charge on any atom is 0.0633 e. The van der Waals surface area contributed by atoms with Crippen molar-refractivity contribution in [1.29, 1.82) is 0 Å². The summed E-state index contributed by atoms with van der Waals surface area (Å²) in [6.07, 6.45) is 1.05.